The monoisotopic (exact) mass is 285 g/mol. The maximum absolute atomic E-state index is 12.4. The summed E-state index contributed by atoms with van der Waals surface area (Å²) in [7, 11) is 0. The fourth-order valence-electron chi connectivity index (χ4n) is 2.49. The van der Waals surface area contributed by atoms with Crippen molar-refractivity contribution in [1.29, 1.82) is 0 Å². The van der Waals surface area contributed by atoms with Crippen molar-refractivity contribution in [1.82, 2.24) is 9.80 Å². The third-order valence-electron chi connectivity index (χ3n) is 3.76. The zero-order valence-corrected chi connectivity index (χ0v) is 13.4. The Balaban J connectivity index is 2.59. The maximum Gasteiger partial charge on any atom is 0.232 e. The number of amides is 1. The van der Waals surface area contributed by atoms with Crippen LogP contribution in [0.15, 0.2) is 0 Å². The van der Waals surface area contributed by atoms with E-state index in [-0.39, 0.29) is 17.4 Å². The number of carbonyl (C=O) groups is 1. The van der Waals surface area contributed by atoms with Gasteiger partial charge in [0, 0.05) is 31.7 Å². The molecule has 0 bridgehead atoms. The summed E-state index contributed by atoms with van der Waals surface area (Å²) in [6.45, 7) is 12.1. The lowest BCUT2D eigenvalue weighted by Crippen LogP contribution is -2.56. The van der Waals surface area contributed by atoms with Gasteiger partial charge >= 0.3 is 0 Å². The summed E-state index contributed by atoms with van der Waals surface area (Å²) in [5, 5.41) is 0. The molecule has 5 heteroatoms. The van der Waals surface area contributed by atoms with Gasteiger partial charge in [-0.1, -0.05) is 25.6 Å². The zero-order valence-electron chi connectivity index (χ0n) is 12.6. The van der Waals surface area contributed by atoms with Gasteiger partial charge in [-0.2, -0.15) is 0 Å². The molecule has 1 saturated heterocycles. The van der Waals surface area contributed by atoms with Crippen LogP contribution in [0.5, 0.6) is 0 Å². The first-order chi connectivity index (χ1) is 8.77. The first kappa shape index (κ1) is 16.4. The van der Waals surface area contributed by atoms with Crippen LogP contribution in [0.1, 0.15) is 40.5 Å². The molecule has 1 heterocycles. The van der Waals surface area contributed by atoms with E-state index in [9.17, 15) is 4.79 Å². The Hall–Kier alpha value is -0.680. The van der Waals surface area contributed by atoms with Crippen LogP contribution in [0.3, 0.4) is 0 Å². The van der Waals surface area contributed by atoms with E-state index in [1.54, 1.807) is 0 Å². The molecule has 0 aromatic rings. The average molecular weight is 285 g/mol. The van der Waals surface area contributed by atoms with E-state index in [1.807, 2.05) is 4.90 Å². The normalized spacial score (nSPS) is 19.3. The Bertz CT molecular complexity index is 330. The molecular weight excluding hydrogens is 258 g/mol. The minimum atomic E-state index is -0.277. The van der Waals surface area contributed by atoms with Gasteiger partial charge in [0.05, 0.1) is 10.9 Å². The van der Waals surface area contributed by atoms with E-state index >= 15 is 0 Å². The molecule has 0 spiro atoms. The van der Waals surface area contributed by atoms with Crippen molar-refractivity contribution < 1.29 is 4.79 Å². The van der Waals surface area contributed by atoms with E-state index in [2.05, 4.69) is 32.6 Å². The maximum atomic E-state index is 12.4. The number of nitrogens with zero attached hydrogens (tertiary/aromatic N) is 2. The van der Waals surface area contributed by atoms with Gasteiger partial charge in [-0.05, 0) is 27.2 Å². The van der Waals surface area contributed by atoms with Crippen LogP contribution in [-0.4, -0.2) is 52.4 Å². The second-order valence-corrected chi connectivity index (χ2v) is 6.70. The topological polar surface area (TPSA) is 49.6 Å². The van der Waals surface area contributed by atoms with Gasteiger partial charge in [-0.3, -0.25) is 9.69 Å². The molecule has 0 aromatic heterocycles. The van der Waals surface area contributed by atoms with E-state index in [0.717, 1.165) is 39.0 Å². The van der Waals surface area contributed by atoms with Gasteiger partial charge in [0.1, 0.15) is 0 Å². The summed E-state index contributed by atoms with van der Waals surface area (Å²) in [6.07, 6.45) is 1.68. The molecule has 0 aromatic carbocycles. The second kappa shape index (κ2) is 6.66. The van der Waals surface area contributed by atoms with Crippen LogP contribution < -0.4 is 5.73 Å². The smallest absolute Gasteiger partial charge is 0.232 e. The van der Waals surface area contributed by atoms with Crippen LogP contribution in [0.4, 0.5) is 0 Å². The molecule has 1 atom stereocenters. The van der Waals surface area contributed by atoms with Crippen LogP contribution >= 0.6 is 12.2 Å². The molecule has 1 amide bonds. The summed E-state index contributed by atoms with van der Waals surface area (Å²) in [5.74, 6) is -0.163. The predicted octanol–water partition coefficient (Wildman–Crippen LogP) is 1.63. The summed E-state index contributed by atoms with van der Waals surface area (Å²) in [6, 6.07) is 0. The fourth-order valence-corrected chi connectivity index (χ4v) is 2.71. The molecule has 0 saturated carbocycles. The number of thiocarbonyl (C=S) groups is 1. The largest absolute Gasteiger partial charge is 0.393 e. The Kier molecular flexibility index (Phi) is 5.74. The number of rotatable bonds is 4. The first-order valence-corrected chi connectivity index (χ1v) is 7.51. The molecule has 110 valence electrons. The van der Waals surface area contributed by atoms with Crippen molar-refractivity contribution in [2.75, 3.05) is 26.2 Å². The quantitative estimate of drug-likeness (QED) is 0.798. The molecule has 1 rings (SSSR count). The van der Waals surface area contributed by atoms with Crippen molar-refractivity contribution in [2.24, 2.45) is 11.7 Å². The lowest BCUT2D eigenvalue weighted by atomic mass is 10.0. The van der Waals surface area contributed by atoms with E-state index < -0.39 is 0 Å². The van der Waals surface area contributed by atoms with Crippen molar-refractivity contribution in [3.63, 3.8) is 0 Å². The van der Waals surface area contributed by atoms with Crippen molar-refractivity contribution in [3.8, 4) is 0 Å². The zero-order chi connectivity index (χ0) is 14.6. The van der Waals surface area contributed by atoms with Crippen LogP contribution in [0.25, 0.3) is 0 Å². The molecule has 19 heavy (non-hydrogen) atoms. The van der Waals surface area contributed by atoms with E-state index in [4.69, 9.17) is 18.0 Å². The van der Waals surface area contributed by atoms with Crippen LogP contribution in [0.2, 0.25) is 0 Å². The van der Waals surface area contributed by atoms with Crippen LogP contribution in [-0.2, 0) is 4.79 Å². The van der Waals surface area contributed by atoms with E-state index in [0.29, 0.717) is 4.99 Å². The Labute approximate surface area is 122 Å². The van der Waals surface area contributed by atoms with E-state index in [1.165, 1.54) is 0 Å². The minimum absolute atomic E-state index is 0.114. The number of hydrogen-bond donors (Lipinski definition) is 1. The van der Waals surface area contributed by atoms with Crippen molar-refractivity contribution in [3.05, 3.63) is 0 Å². The fraction of sp³-hybridized carbons (Fsp3) is 0.857. The molecule has 1 aliphatic heterocycles. The number of carbonyl (C=O) groups excluding carboxylic acids is 1. The van der Waals surface area contributed by atoms with Gasteiger partial charge < -0.3 is 10.6 Å². The van der Waals surface area contributed by atoms with Crippen LogP contribution in [0, 0.1) is 5.92 Å². The van der Waals surface area contributed by atoms with Gasteiger partial charge in [-0.15, -0.1) is 0 Å². The first-order valence-electron chi connectivity index (χ1n) is 7.10. The minimum Gasteiger partial charge on any atom is -0.393 e. The SMILES string of the molecule is CCCC(C(=O)N1CCN(C(C)(C)C)CC1)C(N)=S. The highest BCUT2D eigenvalue weighted by Gasteiger charge is 2.31. The average Bonchev–Trinajstić information content (AvgIpc) is 2.34. The third-order valence-corrected chi connectivity index (χ3v) is 4.04. The third kappa shape index (κ3) is 4.42. The van der Waals surface area contributed by atoms with Gasteiger partial charge in [0.25, 0.3) is 0 Å². The molecule has 2 N–H and O–H groups in total. The Morgan fingerprint density at radius 1 is 1.26 bits per heavy atom. The van der Waals surface area contributed by atoms with Gasteiger partial charge in [0.15, 0.2) is 0 Å². The summed E-state index contributed by atoms with van der Waals surface area (Å²) >= 11 is 5.03. The van der Waals surface area contributed by atoms with Gasteiger partial charge in [-0.25, -0.2) is 0 Å². The molecule has 4 nitrogen and oxygen atoms in total. The molecule has 1 unspecified atom stereocenters. The second-order valence-electron chi connectivity index (χ2n) is 6.23. The highest BCUT2D eigenvalue weighted by molar-refractivity contribution is 7.80. The van der Waals surface area contributed by atoms with Gasteiger partial charge in [0.2, 0.25) is 5.91 Å². The Morgan fingerprint density at radius 2 is 1.79 bits per heavy atom. The number of piperazine rings is 1. The highest BCUT2D eigenvalue weighted by atomic mass is 32.1. The summed E-state index contributed by atoms with van der Waals surface area (Å²) in [5.41, 5.74) is 5.87. The number of nitrogens with two attached hydrogens (primary N) is 1. The number of hydrogen-bond acceptors (Lipinski definition) is 3. The highest BCUT2D eigenvalue weighted by Crippen LogP contribution is 2.18. The standard InChI is InChI=1S/C14H27N3OS/c1-5-6-11(12(15)19)13(18)16-7-9-17(10-8-16)14(2,3)4/h11H,5-10H2,1-4H3,(H2,15,19). The molecular formula is C14H27N3OS. The van der Waals surface area contributed by atoms with Crippen molar-refractivity contribution in [2.45, 2.75) is 46.1 Å². The molecule has 1 aliphatic rings. The Morgan fingerprint density at radius 3 is 2.16 bits per heavy atom. The predicted molar refractivity (Wildman–Crippen MR) is 83.1 cm³/mol. The lowest BCUT2D eigenvalue weighted by Gasteiger charge is -2.42. The van der Waals surface area contributed by atoms with Crippen molar-refractivity contribution >= 4 is 23.1 Å². The summed E-state index contributed by atoms with van der Waals surface area (Å²) < 4.78 is 0. The molecule has 1 fully saturated rings. The molecule has 0 aliphatic carbocycles. The summed E-state index contributed by atoms with van der Waals surface area (Å²) in [4.78, 5) is 17.1. The molecule has 0 radical (unpaired) electrons. The lowest BCUT2D eigenvalue weighted by molar-refractivity contribution is -0.136.